The highest BCUT2D eigenvalue weighted by atomic mass is 16.6. The second kappa shape index (κ2) is 14.3. The van der Waals surface area contributed by atoms with Gasteiger partial charge in [0.25, 0.3) is 0 Å². The number of amides is 3. The zero-order valence-electron chi connectivity index (χ0n) is 27.5. The summed E-state index contributed by atoms with van der Waals surface area (Å²) < 4.78 is 5.63. The van der Waals surface area contributed by atoms with Gasteiger partial charge in [-0.1, -0.05) is 78.8 Å². The van der Waals surface area contributed by atoms with Gasteiger partial charge in [-0.05, 0) is 44.6 Å². The number of carbonyl (C=O) groups is 4. The van der Waals surface area contributed by atoms with Crippen LogP contribution in [0.5, 0.6) is 0 Å². The first-order valence-corrected chi connectivity index (χ1v) is 14.4. The van der Waals surface area contributed by atoms with Crippen LogP contribution in [0.3, 0.4) is 0 Å². The lowest BCUT2D eigenvalue weighted by molar-refractivity contribution is -0.142. The van der Waals surface area contributed by atoms with Crippen LogP contribution in [0.4, 0.5) is 4.79 Å². The highest BCUT2D eigenvalue weighted by Gasteiger charge is 2.45. The van der Waals surface area contributed by atoms with Crippen LogP contribution in [-0.2, 0) is 24.5 Å². The lowest BCUT2D eigenvalue weighted by Crippen LogP contribution is -2.63. The maximum atomic E-state index is 14.2. The number of Topliss-reactive ketones (excluding diaryl/α,β-unsaturated/α-hetero) is 1. The van der Waals surface area contributed by atoms with Gasteiger partial charge in [0, 0.05) is 32.1 Å². The molecule has 0 aliphatic heterocycles. The van der Waals surface area contributed by atoms with Crippen molar-refractivity contribution in [3.8, 4) is 0 Å². The molecule has 0 aromatic heterocycles. The molecule has 41 heavy (non-hydrogen) atoms. The number of hydrogen-bond donors (Lipinski definition) is 2. The minimum Gasteiger partial charge on any atom is -0.444 e. The molecule has 0 radical (unpaired) electrons. The van der Waals surface area contributed by atoms with Gasteiger partial charge >= 0.3 is 6.09 Å². The quantitative estimate of drug-likeness (QED) is 0.383. The maximum absolute atomic E-state index is 14.2. The predicted octanol–water partition coefficient (Wildman–Crippen LogP) is 4.39. The van der Waals surface area contributed by atoms with E-state index in [1.807, 2.05) is 78.8 Å². The standard InChI is InChI=1S/C32H54N4O5/c1-21(2)24(20-33-19-22(3)37)35(12)28(39)25(30(4,5)6)34-27(38)26(36(13)29(40)41-31(7,8)9)32(10,11)23-17-15-14-16-18-23/h14-18,21,24-26,33H,19-20H2,1-13H3,(H,34,38)/t24-,25?,26?/m1/s1. The second-order valence-corrected chi connectivity index (χ2v) is 14.0. The van der Waals surface area contributed by atoms with E-state index < -0.39 is 40.5 Å². The van der Waals surface area contributed by atoms with E-state index in [0.717, 1.165) is 5.56 Å². The predicted molar refractivity (Wildman–Crippen MR) is 164 cm³/mol. The van der Waals surface area contributed by atoms with Crippen LogP contribution >= 0.6 is 0 Å². The lowest BCUT2D eigenvalue weighted by Gasteiger charge is -2.42. The summed E-state index contributed by atoms with van der Waals surface area (Å²) in [4.78, 5) is 55.9. The van der Waals surface area contributed by atoms with Gasteiger partial charge in [-0.3, -0.25) is 19.3 Å². The van der Waals surface area contributed by atoms with Gasteiger partial charge in [0.15, 0.2) is 0 Å². The Morgan fingerprint density at radius 1 is 0.878 bits per heavy atom. The molecule has 0 fully saturated rings. The first-order valence-electron chi connectivity index (χ1n) is 14.4. The summed E-state index contributed by atoms with van der Waals surface area (Å²) in [6.45, 7) is 21.0. The highest BCUT2D eigenvalue weighted by molar-refractivity contribution is 5.93. The van der Waals surface area contributed by atoms with Crippen LogP contribution in [0, 0.1) is 11.3 Å². The third-order valence-electron chi connectivity index (χ3n) is 7.26. The summed E-state index contributed by atoms with van der Waals surface area (Å²) in [5.74, 6) is -0.583. The summed E-state index contributed by atoms with van der Waals surface area (Å²) in [7, 11) is 3.28. The summed E-state index contributed by atoms with van der Waals surface area (Å²) in [6, 6.07) is 7.45. The van der Waals surface area contributed by atoms with Crippen LogP contribution in [0.2, 0.25) is 0 Å². The van der Waals surface area contributed by atoms with Gasteiger partial charge in [0.05, 0.1) is 6.54 Å². The van der Waals surface area contributed by atoms with Crippen molar-refractivity contribution in [1.29, 1.82) is 0 Å². The van der Waals surface area contributed by atoms with E-state index in [0.29, 0.717) is 6.54 Å². The Morgan fingerprint density at radius 2 is 1.41 bits per heavy atom. The van der Waals surface area contributed by atoms with Crippen molar-refractivity contribution < 1.29 is 23.9 Å². The van der Waals surface area contributed by atoms with Crippen molar-refractivity contribution in [2.24, 2.45) is 11.3 Å². The van der Waals surface area contributed by atoms with Crippen molar-refractivity contribution in [1.82, 2.24) is 20.4 Å². The van der Waals surface area contributed by atoms with Crippen LogP contribution in [0.25, 0.3) is 0 Å². The molecular weight excluding hydrogens is 520 g/mol. The van der Waals surface area contributed by atoms with E-state index in [9.17, 15) is 19.2 Å². The SMILES string of the molecule is CC(=O)CNC[C@H](C(C)C)N(C)C(=O)C(NC(=O)C(N(C)C(=O)OC(C)(C)C)C(C)(C)c1ccccc1)C(C)(C)C. The molecule has 0 saturated heterocycles. The fourth-order valence-corrected chi connectivity index (χ4v) is 4.91. The Bertz CT molecular complexity index is 1040. The van der Waals surface area contributed by atoms with Crippen LogP contribution in [0.15, 0.2) is 30.3 Å². The molecule has 0 aliphatic carbocycles. The molecule has 1 rings (SSSR count). The monoisotopic (exact) mass is 574 g/mol. The highest BCUT2D eigenvalue weighted by Crippen LogP contribution is 2.32. The Kier molecular flexibility index (Phi) is 12.6. The Balaban J connectivity index is 3.47. The Morgan fingerprint density at radius 3 is 1.85 bits per heavy atom. The van der Waals surface area contributed by atoms with Gasteiger partial charge in [-0.15, -0.1) is 0 Å². The minimum absolute atomic E-state index is 0.0162. The number of rotatable bonds is 12. The third kappa shape index (κ3) is 10.4. The lowest BCUT2D eigenvalue weighted by atomic mass is 9.76. The molecule has 1 aromatic carbocycles. The molecule has 1 aromatic rings. The molecule has 3 amide bonds. The van der Waals surface area contributed by atoms with E-state index in [1.54, 1.807) is 39.8 Å². The zero-order valence-corrected chi connectivity index (χ0v) is 27.5. The number of nitrogens with one attached hydrogen (secondary N) is 2. The van der Waals surface area contributed by atoms with Gasteiger partial charge in [0.2, 0.25) is 11.8 Å². The van der Waals surface area contributed by atoms with E-state index in [2.05, 4.69) is 10.6 Å². The van der Waals surface area contributed by atoms with Crippen LogP contribution < -0.4 is 10.6 Å². The molecular formula is C32H54N4O5. The number of ether oxygens (including phenoxy) is 1. The van der Waals surface area contributed by atoms with Crippen LogP contribution in [0.1, 0.15) is 81.7 Å². The smallest absolute Gasteiger partial charge is 0.410 e. The van der Waals surface area contributed by atoms with Crippen molar-refractivity contribution in [2.75, 3.05) is 27.2 Å². The van der Waals surface area contributed by atoms with E-state index in [1.165, 1.54) is 11.8 Å². The van der Waals surface area contributed by atoms with Crippen LogP contribution in [-0.4, -0.2) is 84.4 Å². The summed E-state index contributed by atoms with van der Waals surface area (Å²) >= 11 is 0. The average molecular weight is 575 g/mol. The number of carbonyl (C=O) groups excluding carboxylic acids is 4. The fourth-order valence-electron chi connectivity index (χ4n) is 4.91. The van der Waals surface area contributed by atoms with Crippen molar-refractivity contribution in [3.63, 3.8) is 0 Å². The first kappa shape index (κ1) is 36.1. The largest absolute Gasteiger partial charge is 0.444 e. The first-order chi connectivity index (χ1) is 18.6. The zero-order chi connectivity index (χ0) is 31.9. The molecule has 9 heteroatoms. The Hall–Kier alpha value is -2.94. The number of benzene rings is 1. The van der Waals surface area contributed by atoms with Crippen molar-refractivity contribution in [3.05, 3.63) is 35.9 Å². The fraction of sp³-hybridized carbons (Fsp3) is 0.688. The summed E-state index contributed by atoms with van der Waals surface area (Å²) in [6.07, 6.45) is -0.631. The van der Waals surface area contributed by atoms with E-state index in [4.69, 9.17) is 4.74 Å². The molecule has 0 heterocycles. The molecule has 2 unspecified atom stereocenters. The molecule has 0 aliphatic rings. The molecule has 0 saturated carbocycles. The molecule has 2 N–H and O–H groups in total. The maximum Gasteiger partial charge on any atom is 0.410 e. The third-order valence-corrected chi connectivity index (χ3v) is 7.26. The summed E-state index contributed by atoms with van der Waals surface area (Å²) in [5.41, 5.74) is -1.35. The second-order valence-electron chi connectivity index (χ2n) is 14.0. The summed E-state index contributed by atoms with van der Waals surface area (Å²) in [5, 5.41) is 6.16. The Labute approximate surface area is 247 Å². The molecule has 3 atom stereocenters. The van der Waals surface area contributed by atoms with Gasteiger partial charge in [-0.25, -0.2) is 4.79 Å². The number of hydrogen-bond acceptors (Lipinski definition) is 6. The number of ketones is 1. The van der Waals surface area contributed by atoms with E-state index >= 15 is 0 Å². The normalized spacial score (nSPS) is 14.6. The topological polar surface area (TPSA) is 108 Å². The van der Waals surface area contributed by atoms with E-state index in [-0.39, 0.29) is 30.2 Å². The van der Waals surface area contributed by atoms with Crippen molar-refractivity contribution in [2.45, 2.75) is 105 Å². The van der Waals surface area contributed by atoms with Gasteiger partial charge < -0.3 is 20.3 Å². The van der Waals surface area contributed by atoms with Gasteiger partial charge in [0.1, 0.15) is 23.5 Å². The molecule has 0 bridgehead atoms. The molecule has 232 valence electrons. The molecule has 0 spiro atoms. The van der Waals surface area contributed by atoms with Gasteiger partial charge in [-0.2, -0.15) is 0 Å². The average Bonchev–Trinajstić information content (AvgIpc) is 2.82. The number of likely N-dealkylation sites (N-methyl/N-ethyl adjacent to an activating group) is 2. The molecule has 9 nitrogen and oxygen atoms in total. The number of nitrogens with zero attached hydrogens (tertiary/aromatic N) is 2. The minimum atomic E-state index is -0.985. The van der Waals surface area contributed by atoms with Crippen molar-refractivity contribution >= 4 is 23.7 Å².